The van der Waals surface area contributed by atoms with Gasteiger partial charge in [0, 0.05) is 10.8 Å². The molecule has 0 aliphatic carbocycles. The van der Waals surface area contributed by atoms with E-state index in [1.807, 2.05) is 6.92 Å². The highest BCUT2D eigenvalue weighted by Gasteiger charge is 2.26. The first-order valence-electron chi connectivity index (χ1n) is 5.83. The van der Waals surface area contributed by atoms with E-state index in [0.29, 0.717) is 12.2 Å². The lowest BCUT2D eigenvalue weighted by molar-refractivity contribution is -0.484. The molecule has 0 spiro atoms. The van der Waals surface area contributed by atoms with Crippen molar-refractivity contribution in [1.82, 2.24) is 0 Å². The van der Waals surface area contributed by atoms with Crippen molar-refractivity contribution in [2.45, 2.75) is 19.3 Å². The van der Waals surface area contributed by atoms with Crippen molar-refractivity contribution in [3.63, 3.8) is 0 Å². The van der Waals surface area contributed by atoms with Crippen LogP contribution in [0.5, 0.6) is 5.75 Å². The highest BCUT2D eigenvalue weighted by Crippen LogP contribution is 2.28. The van der Waals surface area contributed by atoms with E-state index < -0.39 is 5.92 Å². The summed E-state index contributed by atoms with van der Waals surface area (Å²) >= 11 is 0. The lowest BCUT2D eigenvalue weighted by Crippen LogP contribution is -2.22. The second-order valence-electron chi connectivity index (χ2n) is 4.11. The largest absolute Gasteiger partial charge is 0.497 e. The van der Waals surface area contributed by atoms with Gasteiger partial charge in [-0.05, 0) is 24.1 Å². The Morgan fingerprint density at radius 1 is 1.50 bits per heavy atom. The van der Waals surface area contributed by atoms with Crippen molar-refractivity contribution < 1.29 is 14.5 Å². The standard InChI is InChI=1S/C13H17NO4/c1-3-10(9-15)13(8-14(16)17)11-5-4-6-12(7-11)18-2/h4-7,9-10,13H,3,8H2,1-2H3/t10-,13-/m0/s1. The predicted molar refractivity (Wildman–Crippen MR) is 67.4 cm³/mol. The molecule has 0 heterocycles. The molecule has 5 heteroatoms. The second kappa shape index (κ2) is 6.74. The zero-order valence-corrected chi connectivity index (χ0v) is 10.5. The Hall–Kier alpha value is -1.91. The third kappa shape index (κ3) is 3.55. The molecule has 1 aromatic rings. The van der Waals surface area contributed by atoms with Crippen LogP contribution in [0.25, 0.3) is 0 Å². The molecule has 0 saturated heterocycles. The lowest BCUT2D eigenvalue weighted by Gasteiger charge is -2.19. The van der Waals surface area contributed by atoms with Gasteiger partial charge in [-0.1, -0.05) is 19.1 Å². The van der Waals surface area contributed by atoms with Crippen molar-refractivity contribution >= 4 is 6.29 Å². The first-order chi connectivity index (χ1) is 8.62. The van der Waals surface area contributed by atoms with Gasteiger partial charge in [0.05, 0.1) is 13.0 Å². The zero-order valence-electron chi connectivity index (χ0n) is 10.5. The average molecular weight is 251 g/mol. The summed E-state index contributed by atoms with van der Waals surface area (Å²) in [6.45, 7) is 1.61. The molecule has 0 aliphatic rings. The van der Waals surface area contributed by atoms with Crippen LogP contribution < -0.4 is 4.74 Å². The molecule has 0 radical (unpaired) electrons. The summed E-state index contributed by atoms with van der Waals surface area (Å²) in [7, 11) is 1.54. The van der Waals surface area contributed by atoms with E-state index in [9.17, 15) is 14.9 Å². The van der Waals surface area contributed by atoms with Crippen molar-refractivity contribution in [1.29, 1.82) is 0 Å². The molecular formula is C13H17NO4. The smallest absolute Gasteiger partial charge is 0.211 e. The molecule has 0 unspecified atom stereocenters. The maximum absolute atomic E-state index is 11.0. The van der Waals surface area contributed by atoms with Crippen LogP contribution in [0.15, 0.2) is 24.3 Å². The van der Waals surface area contributed by atoms with E-state index in [2.05, 4.69) is 0 Å². The summed E-state index contributed by atoms with van der Waals surface area (Å²) in [4.78, 5) is 21.4. The molecule has 2 atom stereocenters. The molecule has 0 saturated carbocycles. The summed E-state index contributed by atoms with van der Waals surface area (Å²) in [5.74, 6) is -0.110. The number of aldehydes is 1. The fraction of sp³-hybridized carbons (Fsp3) is 0.462. The van der Waals surface area contributed by atoms with Crippen LogP contribution in [0.3, 0.4) is 0 Å². The first kappa shape index (κ1) is 14.2. The van der Waals surface area contributed by atoms with Crippen LogP contribution >= 0.6 is 0 Å². The summed E-state index contributed by atoms with van der Waals surface area (Å²) in [5, 5.41) is 10.7. The van der Waals surface area contributed by atoms with Crippen LogP contribution in [0.2, 0.25) is 0 Å². The topological polar surface area (TPSA) is 69.4 Å². The van der Waals surface area contributed by atoms with E-state index in [-0.39, 0.29) is 17.4 Å². The highest BCUT2D eigenvalue weighted by atomic mass is 16.6. The first-order valence-corrected chi connectivity index (χ1v) is 5.83. The molecule has 5 nitrogen and oxygen atoms in total. The Labute approximate surface area is 106 Å². The fourth-order valence-corrected chi connectivity index (χ4v) is 2.00. The number of rotatable bonds is 7. The fourth-order valence-electron chi connectivity index (χ4n) is 2.00. The summed E-state index contributed by atoms with van der Waals surface area (Å²) in [6.07, 6.45) is 1.38. The second-order valence-corrected chi connectivity index (χ2v) is 4.11. The minimum absolute atomic E-state index is 0.246. The van der Waals surface area contributed by atoms with Gasteiger partial charge in [-0.25, -0.2) is 0 Å². The van der Waals surface area contributed by atoms with E-state index >= 15 is 0 Å². The van der Waals surface area contributed by atoms with Crippen molar-refractivity contribution in [2.24, 2.45) is 5.92 Å². The van der Waals surface area contributed by atoms with E-state index in [1.54, 1.807) is 31.4 Å². The van der Waals surface area contributed by atoms with E-state index in [1.165, 1.54) is 0 Å². The Balaban J connectivity index is 3.07. The highest BCUT2D eigenvalue weighted by molar-refractivity contribution is 5.56. The Kier molecular flexibility index (Phi) is 5.30. The summed E-state index contributed by atoms with van der Waals surface area (Å²) < 4.78 is 5.10. The molecule has 0 amide bonds. The van der Waals surface area contributed by atoms with Gasteiger partial charge in [0.15, 0.2) is 0 Å². The van der Waals surface area contributed by atoms with Crippen molar-refractivity contribution in [3.05, 3.63) is 39.9 Å². The predicted octanol–water partition coefficient (Wildman–Crippen LogP) is 2.28. The molecule has 0 aromatic heterocycles. The molecule has 98 valence electrons. The Morgan fingerprint density at radius 2 is 2.22 bits per heavy atom. The van der Waals surface area contributed by atoms with Crippen LogP contribution in [0.4, 0.5) is 0 Å². The monoisotopic (exact) mass is 251 g/mol. The van der Waals surface area contributed by atoms with Gasteiger partial charge < -0.3 is 9.53 Å². The Morgan fingerprint density at radius 3 is 2.72 bits per heavy atom. The van der Waals surface area contributed by atoms with Gasteiger partial charge in [-0.15, -0.1) is 0 Å². The Bertz CT molecular complexity index is 419. The van der Waals surface area contributed by atoms with Gasteiger partial charge in [0.25, 0.3) is 0 Å². The minimum Gasteiger partial charge on any atom is -0.497 e. The molecule has 0 aliphatic heterocycles. The molecule has 1 rings (SSSR count). The molecule has 1 aromatic carbocycles. The maximum Gasteiger partial charge on any atom is 0.211 e. The summed E-state index contributed by atoms with van der Waals surface area (Å²) in [5.41, 5.74) is 0.769. The number of ether oxygens (including phenoxy) is 1. The quantitative estimate of drug-likeness (QED) is 0.423. The normalized spacial score (nSPS) is 13.7. The maximum atomic E-state index is 11.0. The van der Waals surface area contributed by atoms with Gasteiger partial charge in [-0.3, -0.25) is 10.1 Å². The zero-order chi connectivity index (χ0) is 13.5. The molecule has 18 heavy (non-hydrogen) atoms. The number of benzene rings is 1. The van der Waals surface area contributed by atoms with Gasteiger partial charge >= 0.3 is 0 Å². The van der Waals surface area contributed by atoms with Gasteiger partial charge in [-0.2, -0.15) is 0 Å². The minimum atomic E-state index is -0.405. The van der Waals surface area contributed by atoms with Gasteiger partial charge in [0.1, 0.15) is 12.0 Å². The molecule has 0 fully saturated rings. The molecule has 0 N–H and O–H groups in total. The number of hydrogen-bond acceptors (Lipinski definition) is 4. The van der Waals surface area contributed by atoms with Crippen LogP contribution in [-0.4, -0.2) is 24.9 Å². The molecular weight excluding hydrogens is 234 g/mol. The van der Waals surface area contributed by atoms with Crippen LogP contribution in [0.1, 0.15) is 24.8 Å². The van der Waals surface area contributed by atoms with Crippen LogP contribution in [0, 0.1) is 16.0 Å². The third-order valence-corrected chi connectivity index (χ3v) is 3.03. The van der Waals surface area contributed by atoms with Gasteiger partial charge in [0.2, 0.25) is 6.54 Å². The number of nitro groups is 1. The number of carbonyl (C=O) groups excluding carboxylic acids is 1. The molecule has 0 bridgehead atoms. The van der Waals surface area contributed by atoms with Crippen molar-refractivity contribution in [3.8, 4) is 5.75 Å². The van der Waals surface area contributed by atoms with E-state index in [0.717, 1.165) is 11.8 Å². The average Bonchev–Trinajstić information content (AvgIpc) is 2.38. The summed E-state index contributed by atoms with van der Waals surface area (Å²) in [6, 6.07) is 7.09. The van der Waals surface area contributed by atoms with Crippen LogP contribution in [-0.2, 0) is 4.79 Å². The SMILES string of the molecule is CC[C@@H](C=O)[C@H](C[N+](=O)[O-])c1cccc(OC)c1. The van der Waals surface area contributed by atoms with Crippen molar-refractivity contribution in [2.75, 3.05) is 13.7 Å². The number of carbonyl (C=O) groups is 1. The van der Waals surface area contributed by atoms with E-state index in [4.69, 9.17) is 4.74 Å². The third-order valence-electron chi connectivity index (χ3n) is 3.03. The number of hydrogen-bond donors (Lipinski definition) is 0. The lowest BCUT2D eigenvalue weighted by atomic mass is 9.85. The number of methoxy groups -OCH3 is 1. The number of nitrogens with zero attached hydrogens (tertiary/aromatic N) is 1.